The third-order valence-corrected chi connectivity index (χ3v) is 6.17. The number of benzene rings is 1. The maximum absolute atomic E-state index is 12.5. The molecule has 3 atom stereocenters. The number of aliphatic hydroxyl groups excluding tert-OH is 1. The molecule has 0 aliphatic carbocycles. The lowest BCUT2D eigenvalue weighted by atomic mass is 10.1. The molecule has 1 rings (SSSR count). The molecular formula is C24H36N4O10S. The van der Waals surface area contributed by atoms with Crippen LogP contribution >= 0.6 is 11.8 Å². The largest absolute Gasteiger partial charge is 0.491 e. The highest BCUT2D eigenvalue weighted by molar-refractivity contribution is 7.99. The molecule has 0 radical (unpaired) electrons. The number of hydrogen-bond donors (Lipinski definition) is 6. The molecule has 0 spiro atoms. The van der Waals surface area contributed by atoms with Crippen LogP contribution in [0, 0.1) is 0 Å². The minimum Gasteiger partial charge on any atom is -0.491 e. The predicted octanol–water partition coefficient (Wildman–Crippen LogP) is 0.338. The molecule has 0 saturated heterocycles. The zero-order chi connectivity index (χ0) is 29.4. The quantitative estimate of drug-likeness (QED) is 0.131. The van der Waals surface area contributed by atoms with Gasteiger partial charge >= 0.3 is 12.1 Å². The van der Waals surface area contributed by atoms with Crippen LogP contribution < -0.4 is 21.1 Å². The molecule has 0 heterocycles. The molecule has 1 aromatic carbocycles. The SMILES string of the molecule is CCOCC(O)COc1ccc(NC(=O)CCSCC(NC(=O)CCC(N)C(=O)O)C(=O)N(C)C(=O)O)cc1. The van der Waals surface area contributed by atoms with Crippen LogP contribution in [-0.2, 0) is 23.9 Å². The number of nitrogens with zero attached hydrogens (tertiary/aromatic N) is 1. The number of nitrogens with two attached hydrogens (primary N) is 1. The third-order valence-electron chi connectivity index (χ3n) is 5.10. The van der Waals surface area contributed by atoms with Crippen molar-refractivity contribution in [1.82, 2.24) is 10.2 Å². The zero-order valence-corrected chi connectivity index (χ0v) is 22.6. The summed E-state index contributed by atoms with van der Waals surface area (Å²) in [5.41, 5.74) is 5.90. The Kier molecular flexibility index (Phi) is 15.5. The highest BCUT2D eigenvalue weighted by Crippen LogP contribution is 2.17. The lowest BCUT2D eigenvalue weighted by Crippen LogP contribution is -2.50. The normalized spacial score (nSPS) is 13.0. The second kappa shape index (κ2) is 18.0. The lowest BCUT2D eigenvalue weighted by molar-refractivity contribution is -0.139. The van der Waals surface area contributed by atoms with E-state index in [9.17, 15) is 29.1 Å². The number of thioether (sulfide) groups is 1. The Morgan fingerprint density at radius 1 is 1.05 bits per heavy atom. The molecule has 7 N–H and O–H groups in total. The molecule has 0 aromatic heterocycles. The summed E-state index contributed by atoms with van der Waals surface area (Å²) in [6, 6.07) is 4.10. The molecule has 0 fully saturated rings. The molecule has 3 unspecified atom stereocenters. The first-order chi connectivity index (χ1) is 18.4. The Balaban J connectivity index is 2.52. The van der Waals surface area contributed by atoms with Crippen LogP contribution in [0.2, 0.25) is 0 Å². The third kappa shape index (κ3) is 13.8. The van der Waals surface area contributed by atoms with Crippen molar-refractivity contribution in [2.24, 2.45) is 5.73 Å². The molecular weight excluding hydrogens is 536 g/mol. The minimum absolute atomic E-state index is 0.0123. The smallest absolute Gasteiger partial charge is 0.413 e. The number of aliphatic carboxylic acids is 1. The average Bonchev–Trinajstić information content (AvgIpc) is 2.90. The van der Waals surface area contributed by atoms with Crippen LogP contribution in [0.15, 0.2) is 24.3 Å². The van der Waals surface area contributed by atoms with Gasteiger partial charge in [-0.2, -0.15) is 11.8 Å². The molecule has 4 amide bonds. The summed E-state index contributed by atoms with van der Waals surface area (Å²) < 4.78 is 10.6. The van der Waals surface area contributed by atoms with E-state index in [0.29, 0.717) is 22.9 Å². The van der Waals surface area contributed by atoms with Crippen molar-refractivity contribution in [1.29, 1.82) is 0 Å². The van der Waals surface area contributed by atoms with Crippen molar-refractivity contribution in [3.8, 4) is 5.75 Å². The monoisotopic (exact) mass is 572 g/mol. The fourth-order valence-corrected chi connectivity index (χ4v) is 3.86. The van der Waals surface area contributed by atoms with Gasteiger partial charge in [0.05, 0.1) is 6.61 Å². The Morgan fingerprint density at radius 3 is 2.31 bits per heavy atom. The Labute approximate surface area is 230 Å². The Morgan fingerprint density at radius 2 is 1.72 bits per heavy atom. The van der Waals surface area contributed by atoms with Crippen LogP contribution in [0.4, 0.5) is 10.5 Å². The summed E-state index contributed by atoms with van der Waals surface area (Å²) >= 11 is 1.16. The average molecular weight is 573 g/mol. The molecule has 218 valence electrons. The summed E-state index contributed by atoms with van der Waals surface area (Å²) in [5.74, 6) is -2.34. The standard InChI is InChI=1S/C24H36N4O10S/c1-3-37-12-16(29)13-38-17-6-4-15(5-7-17)26-21(31)10-11-39-14-19(22(32)28(2)24(35)36)27-20(30)9-8-18(25)23(33)34/h4-7,16,18-19,29H,3,8-14,25H2,1-2H3,(H,26,31)(H,27,30)(H,33,34)(H,35,36). The van der Waals surface area contributed by atoms with E-state index in [2.05, 4.69) is 10.6 Å². The summed E-state index contributed by atoms with van der Waals surface area (Å²) in [5, 5.41) is 32.8. The molecule has 0 saturated carbocycles. The Bertz CT molecular complexity index is 963. The molecule has 1 aromatic rings. The van der Waals surface area contributed by atoms with Gasteiger partial charge in [-0.3, -0.25) is 19.2 Å². The van der Waals surface area contributed by atoms with Gasteiger partial charge in [0.25, 0.3) is 5.91 Å². The van der Waals surface area contributed by atoms with E-state index in [4.69, 9.17) is 25.4 Å². The van der Waals surface area contributed by atoms with Gasteiger partial charge in [-0.1, -0.05) is 0 Å². The van der Waals surface area contributed by atoms with Gasteiger partial charge in [-0.25, -0.2) is 9.69 Å². The van der Waals surface area contributed by atoms with E-state index in [0.717, 1.165) is 18.8 Å². The number of aliphatic hydroxyl groups is 1. The molecule has 15 heteroatoms. The molecule has 0 aliphatic rings. The van der Waals surface area contributed by atoms with Crippen molar-refractivity contribution < 1.29 is 48.8 Å². The number of amides is 4. The summed E-state index contributed by atoms with van der Waals surface area (Å²) in [6.07, 6.45) is -2.62. The first kappa shape index (κ1) is 33.6. The topological polar surface area (TPSA) is 218 Å². The van der Waals surface area contributed by atoms with E-state index in [-0.39, 0.29) is 49.9 Å². The summed E-state index contributed by atoms with van der Waals surface area (Å²) in [4.78, 5) is 59.4. The predicted molar refractivity (Wildman–Crippen MR) is 143 cm³/mol. The van der Waals surface area contributed by atoms with Crippen LogP contribution in [0.1, 0.15) is 26.2 Å². The van der Waals surface area contributed by atoms with Crippen LogP contribution in [0.3, 0.4) is 0 Å². The zero-order valence-electron chi connectivity index (χ0n) is 21.8. The van der Waals surface area contributed by atoms with Gasteiger partial charge in [-0.05, 0) is 37.6 Å². The van der Waals surface area contributed by atoms with E-state index < -0.39 is 42.1 Å². The minimum atomic E-state index is -1.50. The van der Waals surface area contributed by atoms with Gasteiger partial charge in [0.15, 0.2) is 0 Å². The maximum Gasteiger partial charge on any atom is 0.413 e. The first-order valence-corrected chi connectivity index (χ1v) is 13.2. The summed E-state index contributed by atoms with van der Waals surface area (Å²) in [6.45, 7) is 2.55. The van der Waals surface area contributed by atoms with Crippen LogP contribution in [-0.4, -0.2) is 107 Å². The van der Waals surface area contributed by atoms with Gasteiger partial charge in [0, 0.05) is 43.7 Å². The Hall–Kier alpha value is -3.40. The van der Waals surface area contributed by atoms with Crippen molar-refractivity contribution in [3.05, 3.63) is 24.3 Å². The fraction of sp³-hybridized carbons (Fsp3) is 0.542. The number of rotatable bonds is 18. The number of ether oxygens (including phenoxy) is 2. The second-order valence-corrected chi connectivity index (χ2v) is 9.45. The number of imide groups is 1. The number of carboxylic acids is 1. The molecule has 0 aliphatic heterocycles. The summed E-state index contributed by atoms with van der Waals surface area (Å²) in [7, 11) is 1.04. The van der Waals surface area contributed by atoms with E-state index >= 15 is 0 Å². The van der Waals surface area contributed by atoms with Crippen LogP contribution in [0.25, 0.3) is 0 Å². The molecule has 14 nitrogen and oxygen atoms in total. The first-order valence-electron chi connectivity index (χ1n) is 12.1. The number of nitrogens with one attached hydrogen (secondary N) is 2. The van der Waals surface area contributed by atoms with Gasteiger partial charge in [-0.15, -0.1) is 0 Å². The highest BCUT2D eigenvalue weighted by Gasteiger charge is 2.27. The second-order valence-electron chi connectivity index (χ2n) is 8.31. The number of carbonyl (C=O) groups excluding carboxylic acids is 3. The fourth-order valence-electron chi connectivity index (χ4n) is 2.90. The number of carboxylic acid groups (broad SMARTS) is 2. The molecule has 39 heavy (non-hydrogen) atoms. The van der Waals surface area contributed by atoms with Crippen LogP contribution in [0.5, 0.6) is 5.75 Å². The lowest BCUT2D eigenvalue weighted by Gasteiger charge is -2.21. The van der Waals surface area contributed by atoms with Gasteiger partial charge in [0.1, 0.15) is 30.5 Å². The number of anilines is 1. The van der Waals surface area contributed by atoms with Gasteiger partial charge in [0.2, 0.25) is 11.8 Å². The maximum atomic E-state index is 12.5. The van der Waals surface area contributed by atoms with Crippen molar-refractivity contribution in [3.63, 3.8) is 0 Å². The van der Waals surface area contributed by atoms with E-state index in [1.165, 1.54) is 0 Å². The van der Waals surface area contributed by atoms with E-state index in [1.807, 2.05) is 6.92 Å². The van der Waals surface area contributed by atoms with Crippen molar-refractivity contribution in [2.45, 2.75) is 44.4 Å². The molecule has 0 bridgehead atoms. The highest BCUT2D eigenvalue weighted by atomic mass is 32.2. The van der Waals surface area contributed by atoms with Gasteiger partial charge < -0.3 is 41.2 Å². The van der Waals surface area contributed by atoms with Crippen molar-refractivity contribution >= 4 is 47.2 Å². The number of hydrogen-bond acceptors (Lipinski definition) is 10. The number of likely N-dealkylation sites (N-methyl/N-ethyl adjacent to an activating group) is 1. The number of carbonyl (C=O) groups is 5. The van der Waals surface area contributed by atoms with Crippen molar-refractivity contribution in [2.75, 3.05) is 43.7 Å². The van der Waals surface area contributed by atoms with E-state index in [1.54, 1.807) is 24.3 Å².